The number of phosphoric ester groups is 1. The molecule has 0 fully saturated rings. The standard InChI is InChI=1S/C48H86NO7P/c1-6-8-10-12-14-16-18-20-22-24-26-28-30-32-34-36-38-40-43-53-45-47(46-55-57(51,52)54-44-42-49(3,4)5)56-48(50)41-39-37-35-33-31-29-27-25-23-21-19-17-15-13-11-9-7-2/h8-11,14-17,20-23,47H,6-7,12-13,18-19,24-46H2,1-5H3/b10-8-,11-9-,16-14-,17-15-,22-20-,23-21-. The fourth-order valence-corrected chi connectivity index (χ4v) is 6.54. The fraction of sp³-hybridized carbons (Fsp3) is 0.729. The minimum absolute atomic E-state index is 0.0187. The predicted molar refractivity (Wildman–Crippen MR) is 240 cm³/mol. The Hall–Kier alpha value is -2.06. The first-order valence-corrected chi connectivity index (χ1v) is 24.1. The van der Waals surface area contributed by atoms with Gasteiger partial charge in [-0.05, 0) is 77.0 Å². The molecule has 0 saturated heterocycles. The summed E-state index contributed by atoms with van der Waals surface area (Å²) in [6.07, 6.45) is 52.0. The zero-order valence-electron chi connectivity index (χ0n) is 37.3. The molecule has 330 valence electrons. The molecule has 8 nitrogen and oxygen atoms in total. The highest BCUT2D eigenvalue weighted by molar-refractivity contribution is 7.45. The van der Waals surface area contributed by atoms with Crippen molar-refractivity contribution in [2.45, 2.75) is 174 Å². The van der Waals surface area contributed by atoms with Crippen LogP contribution in [0, 0.1) is 0 Å². The lowest BCUT2D eigenvalue weighted by atomic mass is 10.1. The van der Waals surface area contributed by atoms with Crippen LogP contribution in [0.3, 0.4) is 0 Å². The number of esters is 1. The molecule has 2 unspecified atom stereocenters. The fourth-order valence-electron chi connectivity index (χ4n) is 5.81. The third-order valence-corrected chi connectivity index (χ3v) is 10.2. The summed E-state index contributed by atoms with van der Waals surface area (Å²) in [5, 5.41) is 0. The number of likely N-dealkylation sites (N-methyl/N-ethyl adjacent to an activating group) is 1. The molecule has 0 aliphatic rings. The first kappa shape index (κ1) is 54.9. The van der Waals surface area contributed by atoms with E-state index in [2.05, 4.69) is 86.8 Å². The van der Waals surface area contributed by atoms with E-state index in [1.54, 1.807) is 0 Å². The quantitative estimate of drug-likeness (QED) is 0.0199. The van der Waals surface area contributed by atoms with Crippen molar-refractivity contribution in [3.05, 3.63) is 72.9 Å². The van der Waals surface area contributed by atoms with Crippen molar-refractivity contribution in [3.63, 3.8) is 0 Å². The van der Waals surface area contributed by atoms with Crippen LogP contribution >= 0.6 is 7.82 Å². The molecule has 57 heavy (non-hydrogen) atoms. The van der Waals surface area contributed by atoms with Crippen LogP contribution < -0.4 is 4.89 Å². The molecule has 0 aromatic heterocycles. The SMILES string of the molecule is CC/C=C\C/C=C\C/C=C\CCCCCCCCCCOCC(COP(=O)([O-])OCC[N+](C)(C)C)OC(=O)CCCCCCCCC/C=C\C/C=C\C/C=C\CC. The molecular weight excluding hydrogens is 734 g/mol. The predicted octanol–water partition coefficient (Wildman–Crippen LogP) is 12.9. The van der Waals surface area contributed by atoms with E-state index in [1.807, 2.05) is 21.1 Å². The van der Waals surface area contributed by atoms with Crippen LogP contribution in [0.15, 0.2) is 72.9 Å². The topological polar surface area (TPSA) is 94.1 Å². The molecule has 9 heteroatoms. The molecule has 0 rings (SSSR count). The van der Waals surface area contributed by atoms with Gasteiger partial charge in [-0.1, -0.05) is 157 Å². The molecule has 0 aliphatic heterocycles. The summed E-state index contributed by atoms with van der Waals surface area (Å²) in [4.78, 5) is 25.1. The molecule has 0 bridgehead atoms. The summed E-state index contributed by atoms with van der Waals surface area (Å²) in [5.41, 5.74) is 0. The van der Waals surface area contributed by atoms with Crippen LogP contribution in [0.25, 0.3) is 0 Å². The van der Waals surface area contributed by atoms with Crippen molar-refractivity contribution >= 4 is 13.8 Å². The van der Waals surface area contributed by atoms with Gasteiger partial charge < -0.3 is 27.9 Å². The van der Waals surface area contributed by atoms with E-state index in [4.69, 9.17) is 18.5 Å². The number of ether oxygens (including phenoxy) is 2. The number of hydrogen-bond acceptors (Lipinski definition) is 7. The third kappa shape index (κ3) is 44.9. The van der Waals surface area contributed by atoms with Crippen LogP contribution in [-0.2, 0) is 27.9 Å². The lowest BCUT2D eigenvalue weighted by Gasteiger charge is -2.28. The van der Waals surface area contributed by atoms with E-state index >= 15 is 0 Å². The Balaban J connectivity index is 4.25. The maximum absolute atomic E-state index is 12.7. The van der Waals surface area contributed by atoms with Gasteiger partial charge in [0.05, 0.1) is 34.4 Å². The van der Waals surface area contributed by atoms with Gasteiger partial charge in [0.15, 0.2) is 0 Å². The summed E-state index contributed by atoms with van der Waals surface area (Å²) in [5.74, 6) is -0.350. The third-order valence-electron chi connectivity index (χ3n) is 9.25. The summed E-state index contributed by atoms with van der Waals surface area (Å²) in [6.45, 7) is 5.15. The van der Waals surface area contributed by atoms with Crippen molar-refractivity contribution in [2.24, 2.45) is 0 Å². The highest BCUT2D eigenvalue weighted by Gasteiger charge is 2.20. The van der Waals surface area contributed by atoms with E-state index in [1.165, 1.54) is 57.8 Å². The molecule has 0 saturated carbocycles. The Morgan fingerprint density at radius 1 is 0.544 bits per heavy atom. The van der Waals surface area contributed by atoms with Crippen molar-refractivity contribution in [3.8, 4) is 0 Å². The molecule has 0 aromatic carbocycles. The number of nitrogens with zero attached hydrogens (tertiary/aromatic N) is 1. The van der Waals surface area contributed by atoms with Gasteiger partial charge in [-0.2, -0.15) is 0 Å². The number of rotatable bonds is 41. The number of phosphoric acid groups is 1. The number of allylic oxidation sites excluding steroid dienone is 12. The van der Waals surface area contributed by atoms with E-state index in [-0.39, 0.29) is 25.8 Å². The van der Waals surface area contributed by atoms with Crippen LogP contribution in [0.4, 0.5) is 0 Å². The summed E-state index contributed by atoms with van der Waals surface area (Å²) in [7, 11) is 1.33. The second kappa shape index (κ2) is 40.7. The van der Waals surface area contributed by atoms with Gasteiger partial charge in [0, 0.05) is 13.0 Å². The van der Waals surface area contributed by atoms with Gasteiger partial charge >= 0.3 is 5.97 Å². The second-order valence-electron chi connectivity index (χ2n) is 16.0. The van der Waals surface area contributed by atoms with Gasteiger partial charge in [-0.15, -0.1) is 0 Å². The first-order valence-electron chi connectivity index (χ1n) is 22.7. The Morgan fingerprint density at radius 3 is 1.44 bits per heavy atom. The summed E-state index contributed by atoms with van der Waals surface area (Å²) < 4.78 is 34.6. The average molecular weight is 820 g/mol. The van der Waals surface area contributed by atoms with Crippen molar-refractivity contribution in [1.82, 2.24) is 0 Å². The van der Waals surface area contributed by atoms with Gasteiger partial charge in [0.1, 0.15) is 19.3 Å². The maximum Gasteiger partial charge on any atom is 0.306 e. The van der Waals surface area contributed by atoms with E-state index in [9.17, 15) is 14.3 Å². The minimum atomic E-state index is -4.53. The molecule has 0 amide bonds. The zero-order valence-corrected chi connectivity index (χ0v) is 38.2. The molecule has 0 spiro atoms. The van der Waals surface area contributed by atoms with Crippen molar-refractivity contribution in [1.29, 1.82) is 0 Å². The van der Waals surface area contributed by atoms with Gasteiger partial charge in [0.25, 0.3) is 7.82 Å². The molecule has 0 heterocycles. The highest BCUT2D eigenvalue weighted by atomic mass is 31.2. The van der Waals surface area contributed by atoms with Crippen LogP contribution in [-0.4, -0.2) is 70.7 Å². The van der Waals surface area contributed by atoms with Crippen LogP contribution in [0.5, 0.6) is 0 Å². The Bertz CT molecular complexity index is 1140. The number of unbranched alkanes of at least 4 members (excludes halogenated alkanes) is 15. The number of carbonyl (C=O) groups is 1. The highest BCUT2D eigenvalue weighted by Crippen LogP contribution is 2.38. The molecule has 0 radical (unpaired) electrons. The lowest BCUT2D eigenvalue weighted by Crippen LogP contribution is -2.37. The van der Waals surface area contributed by atoms with Gasteiger partial charge in [0.2, 0.25) is 0 Å². The van der Waals surface area contributed by atoms with Crippen molar-refractivity contribution in [2.75, 3.05) is 54.1 Å². The maximum atomic E-state index is 12.7. The summed E-state index contributed by atoms with van der Waals surface area (Å²) >= 11 is 0. The van der Waals surface area contributed by atoms with Gasteiger partial charge in [-0.3, -0.25) is 9.36 Å². The molecule has 0 aliphatic carbocycles. The van der Waals surface area contributed by atoms with Crippen molar-refractivity contribution < 1.29 is 37.3 Å². The number of hydrogen-bond donors (Lipinski definition) is 0. The van der Waals surface area contributed by atoms with E-state index in [0.717, 1.165) is 89.9 Å². The Kier molecular flexibility index (Phi) is 39.2. The largest absolute Gasteiger partial charge is 0.756 e. The monoisotopic (exact) mass is 820 g/mol. The summed E-state index contributed by atoms with van der Waals surface area (Å²) in [6, 6.07) is 0. The first-order chi connectivity index (χ1) is 27.6. The molecule has 0 aromatic rings. The molecular formula is C48H86NO7P. The average Bonchev–Trinajstić information content (AvgIpc) is 3.16. The number of carbonyl (C=O) groups excluding carboxylic acids is 1. The van der Waals surface area contributed by atoms with Gasteiger partial charge in [-0.25, -0.2) is 0 Å². The molecule has 0 N–H and O–H groups in total. The normalized spacial score (nSPS) is 14.4. The Labute approximate surface area is 351 Å². The second-order valence-corrected chi connectivity index (χ2v) is 17.4. The van der Waals surface area contributed by atoms with E-state index < -0.39 is 13.9 Å². The smallest absolute Gasteiger partial charge is 0.306 e. The molecule has 2 atom stereocenters. The van der Waals surface area contributed by atoms with Crippen LogP contribution in [0.2, 0.25) is 0 Å². The number of quaternary nitrogens is 1. The van der Waals surface area contributed by atoms with Crippen LogP contribution in [0.1, 0.15) is 168 Å². The van der Waals surface area contributed by atoms with E-state index in [0.29, 0.717) is 24.1 Å². The lowest BCUT2D eigenvalue weighted by molar-refractivity contribution is -0.870. The minimum Gasteiger partial charge on any atom is -0.756 e. The Morgan fingerprint density at radius 2 is 0.965 bits per heavy atom. The zero-order chi connectivity index (χ0) is 42.0.